The molecule has 30 heavy (non-hydrogen) atoms. The van der Waals surface area contributed by atoms with Gasteiger partial charge in [-0.15, -0.1) is 0 Å². The van der Waals surface area contributed by atoms with Crippen molar-refractivity contribution in [2.45, 2.75) is 43.7 Å². The average molecular weight is 430 g/mol. The number of hydrogen-bond acceptors (Lipinski definition) is 6. The molecule has 0 saturated heterocycles. The summed E-state index contributed by atoms with van der Waals surface area (Å²) >= 11 is 0. The first-order valence-corrected chi connectivity index (χ1v) is 11.4. The van der Waals surface area contributed by atoms with Crippen molar-refractivity contribution in [3.8, 4) is 5.75 Å². The van der Waals surface area contributed by atoms with Crippen LogP contribution in [0.1, 0.15) is 25.7 Å². The number of methoxy groups -OCH3 is 1. The van der Waals surface area contributed by atoms with Crippen LogP contribution in [0.3, 0.4) is 0 Å². The molecule has 2 aromatic heterocycles. The van der Waals surface area contributed by atoms with E-state index in [0.717, 1.165) is 36.0 Å². The van der Waals surface area contributed by atoms with Gasteiger partial charge in [-0.25, -0.2) is 22.2 Å². The zero-order valence-electron chi connectivity index (χ0n) is 16.5. The molecule has 2 heterocycles. The molecule has 0 unspecified atom stereocenters. The van der Waals surface area contributed by atoms with Gasteiger partial charge < -0.3 is 4.74 Å². The van der Waals surface area contributed by atoms with Crippen LogP contribution in [0.5, 0.6) is 5.75 Å². The fraction of sp³-hybridized carbons (Fsp3) is 0.450. The van der Waals surface area contributed by atoms with E-state index in [2.05, 4.69) is 4.98 Å². The summed E-state index contributed by atoms with van der Waals surface area (Å²) in [4.78, 5) is 30.5. The Morgan fingerprint density at radius 2 is 1.60 bits per heavy atom. The van der Waals surface area contributed by atoms with Gasteiger partial charge in [-0.05, 0) is 61.8 Å². The third-order valence-corrected chi connectivity index (χ3v) is 7.44. The summed E-state index contributed by atoms with van der Waals surface area (Å²) in [6.45, 7) is 0.756. The Hall–Kier alpha value is -2.88. The van der Waals surface area contributed by atoms with Crippen molar-refractivity contribution in [1.29, 1.82) is 0 Å². The highest BCUT2D eigenvalue weighted by Crippen LogP contribution is 2.32. The lowest BCUT2D eigenvalue weighted by Crippen LogP contribution is -2.41. The highest BCUT2D eigenvalue weighted by molar-refractivity contribution is 7.90. The van der Waals surface area contributed by atoms with E-state index in [4.69, 9.17) is 4.74 Å². The molecule has 2 aliphatic carbocycles. The smallest absolute Gasteiger partial charge is 0.332 e. The first-order chi connectivity index (χ1) is 14.4. The Kier molecular flexibility index (Phi) is 4.35. The molecule has 0 spiro atoms. The molecule has 0 N–H and O–H groups in total. The quantitative estimate of drug-likeness (QED) is 0.561. The standard InChI is InChI=1S/C20H22N4O5S/c1-29-15-6-8-16(9-7-15)30(27,28)24-12-21-18-17(24)19(25)23(11-14-4-5-14)20(26)22(18)10-13-2-3-13/h6-9,12-14H,2-5,10-11H2,1H3. The van der Waals surface area contributed by atoms with Gasteiger partial charge in [-0.2, -0.15) is 0 Å². The van der Waals surface area contributed by atoms with E-state index in [1.807, 2.05) is 0 Å². The SMILES string of the molecule is COc1ccc(S(=O)(=O)n2cnc3c2c(=O)n(CC2CC2)c(=O)n3CC2CC2)cc1. The van der Waals surface area contributed by atoms with Crippen molar-refractivity contribution in [3.63, 3.8) is 0 Å². The number of hydrogen-bond donors (Lipinski definition) is 0. The van der Waals surface area contributed by atoms with E-state index < -0.39 is 21.3 Å². The van der Waals surface area contributed by atoms with Crippen LogP contribution in [0.4, 0.5) is 0 Å². The van der Waals surface area contributed by atoms with Crippen LogP contribution in [0, 0.1) is 11.8 Å². The lowest BCUT2D eigenvalue weighted by Gasteiger charge is -2.12. The second-order valence-corrected chi connectivity index (χ2v) is 9.90. The maximum Gasteiger partial charge on any atom is 0.332 e. The molecule has 2 aliphatic rings. The maximum absolute atomic E-state index is 13.3. The number of imidazole rings is 1. The predicted molar refractivity (Wildman–Crippen MR) is 109 cm³/mol. The number of fused-ring (bicyclic) bond motifs is 1. The molecule has 158 valence electrons. The molecule has 9 nitrogen and oxygen atoms in total. The first-order valence-electron chi connectivity index (χ1n) is 10.0. The molecule has 1 aromatic carbocycles. The number of ether oxygens (including phenoxy) is 1. The van der Waals surface area contributed by atoms with Gasteiger partial charge in [-0.3, -0.25) is 13.9 Å². The average Bonchev–Trinajstić information content (AvgIpc) is 3.67. The van der Waals surface area contributed by atoms with E-state index >= 15 is 0 Å². The third kappa shape index (κ3) is 3.15. The Labute approximate surface area is 172 Å². The number of aromatic nitrogens is 4. The summed E-state index contributed by atoms with van der Waals surface area (Å²) in [6.07, 6.45) is 5.09. The lowest BCUT2D eigenvalue weighted by atomic mass is 10.3. The highest BCUT2D eigenvalue weighted by atomic mass is 32.2. The predicted octanol–water partition coefficient (Wildman–Crippen LogP) is 1.43. The van der Waals surface area contributed by atoms with E-state index in [-0.39, 0.29) is 22.0 Å². The number of rotatable bonds is 7. The number of benzene rings is 1. The minimum Gasteiger partial charge on any atom is -0.497 e. The summed E-state index contributed by atoms with van der Waals surface area (Å²) in [5.41, 5.74) is -0.963. The lowest BCUT2D eigenvalue weighted by molar-refractivity contribution is 0.414. The zero-order chi connectivity index (χ0) is 21.0. The second-order valence-electron chi connectivity index (χ2n) is 8.09. The second kappa shape index (κ2) is 6.83. The van der Waals surface area contributed by atoms with Crippen molar-refractivity contribution in [1.82, 2.24) is 18.1 Å². The van der Waals surface area contributed by atoms with Crippen LogP contribution in [-0.4, -0.2) is 33.6 Å². The molecule has 0 aliphatic heterocycles. The van der Waals surface area contributed by atoms with Crippen molar-refractivity contribution in [2.24, 2.45) is 11.8 Å². The van der Waals surface area contributed by atoms with Crippen LogP contribution in [0.15, 0.2) is 45.1 Å². The van der Waals surface area contributed by atoms with E-state index in [1.165, 1.54) is 28.4 Å². The minimum absolute atomic E-state index is 0.00989. The largest absolute Gasteiger partial charge is 0.497 e. The summed E-state index contributed by atoms with van der Waals surface area (Å²) in [5.74, 6) is 1.17. The zero-order valence-corrected chi connectivity index (χ0v) is 17.3. The van der Waals surface area contributed by atoms with Crippen molar-refractivity contribution < 1.29 is 13.2 Å². The van der Waals surface area contributed by atoms with Crippen LogP contribution < -0.4 is 16.0 Å². The van der Waals surface area contributed by atoms with Crippen LogP contribution in [0.25, 0.3) is 11.2 Å². The summed E-state index contributed by atoms with van der Waals surface area (Å²) in [5, 5.41) is 0. The Balaban J connectivity index is 1.72. The van der Waals surface area contributed by atoms with Crippen molar-refractivity contribution in [2.75, 3.05) is 7.11 Å². The van der Waals surface area contributed by atoms with Crippen LogP contribution >= 0.6 is 0 Å². The molecule has 10 heteroatoms. The third-order valence-electron chi connectivity index (χ3n) is 5.77. The van der Waals surface area contributed by atoms with E-state index in [1.54, 1.807) is 12.1 Å². The van der Waals surface area contributed by atoms with Gasteiger partial charge in [0.15, 0.2) is 11.2 Å². The Morgan fingerprint density at radius 1 is 1.00 bits per heavy atom. The van der Waals surface area contributed by atoms with Crippen molar-refractivity contribution in [3.05, 3.63) is 51.4 Å². The minimum atomic E-state index is -4.07. The van der Waals surface area contributed by atoms with E-state index in [9.17, 15) is 18.0 Å². The van der Waals surface area contributed by atoms with Gasteiger partial charge >= 0.3 is 5.69 Å². The van der Waals surface area contributed by atoms with Crippen molar-refractivity contribution >= 4 is 21.2 Å². The molecule has 2 fully saturated rings. The summed E-state index contributed by atoms with van der Waals surface area (Å²) in [6, 6.07) is 5.92. The van der Waals surface area contributed by atoms with Gasteiger partial charge in [0.25, 0.3) is 15.6 Å². The molecular weight excluding hydrogens is 408 g/mol. The van der Waals surface area contributed by atoms with Crippen LogP contribution in [0.2, 0.25) is 0 Å². The van der Waals surface area contributed by atoms with Gasteiger partial charge in [-0.1, -0.05) is 0 Å². The molecule has 0 radical (unpaired) electrons. The molecule has 2 saturated carbocycles. The fourth-order valence-corrected chi connectivity index (χ4v) is 4.93. The molecule has 0 atom stereocenters. The fourth-order valence-electron chi connectivity index (χ4n) is 3.65. The normalized spacial score (nSPS) is 16.8. The monoisotopic (exact) mass is 430 g/mol. The Bertz CT molecular complexity index is 1340. The van der Waals surface area contributed by atoms with Gasteiger partial charge in [0.05, 0.1) is 12.0 Å². The summed E-state index contributed by atoms with van der Waals surface area (Å²) in [7, 11) is -2.58. The Morgan fingerprint density at radius 3 is 2.17 bits per heavy atom. The highest BCUT2D eigenvalue weighted by Gasteiger charge is 2.30. The molecular formula is C20H22N4O5S. The molecule has 5 rings (SSSR count). The van der Waals surface area contributed by atoms with Gasteiger partial charge in [0, 0.05) is 13.1 Å². The molecule has 3 aromatic rings. The number of nitrogens with zero attached hydrogens (tertiary/aromatic N) is 4. The first kappa shape index (κ1) is 19.1. The van der Waals surface area contributed by atoms with Gasteiger partial charge in [0.1, 0.15) is 12.1 Å². The van der Waals surface area contributed by atoms with Crippen LogP contribution in [-0.2, 0) is 23.1 Å². The van der Waals surface area contributed by atoms with E-state index in [0.29, 0.717) is 24.8 Å². The van der Waals surface area contributed by atoms with Gasteiger partial charge in [0.2, 0.25) is 0 Å². The maximum atomic E-state index is 13.3. The molecule has 0 amide bonds. The summed E-state index contributed by atoms with van der Waals surface area (Å²) < 4.78 is 35.2. The molecule has 0 bridgehead atoms. The topological polar surface area (TPSA) is 105 Å².